The molecule has 3 nitrogen and oxygen atoms in total. The van der Waals surface area contributed by atoms with Gasteiger partial charge in [0.1, 0.15) is 12.4 Å². The number of phenols is 1. The predicted molar refractivity (Wildman–Crippen MR) is 87.0 cm³/mol. The highest BCUT2D eigenvalue weighted by Gasteiger charge is 2.09. The van der Waals surface area contributed by atoms with Crippen molar-refractivity contribution in [3.63, 3.8) is 0 Å². The molecule has 0 bridgehead atoms. The molecule has 1 N–H and O–H groups in total. The lowest BCUT2D eigenvalue weighted by atomic mass is 9.98. The average Bonchev–Trinajstić information content (AvgIpc) is 2.52. The van der Waals surface area contributed by atoms with E-state index in [1.807, 2.05) is 43.3 Å². The summed E-state index contributed by atoms with van der Waals surface area (Å²) in [6.07, 6.45) is 1.56. The maximum absolute atomic E-state index is 11.2. The highest BCUT2D eigenvalue weighted by atomic mass is 16.5. The molecule has 0 radical (unpaired) electrons. The standard InChI is InChI=1S/C19H22O3/c1-14(15(2)20)8-9-16-10-11-19(18(21)12-16)22-13-17-6-4-3-5-7-17/h3-7,10-12,14,21H,8-9,13H2,1-2H3. The Morgan fingerprint density at radius 3 is 2.50 bits per heavy atom. The third-order valence-corrected chi connectivity index (χ3v) is 3.82. The van der Waals surface area contributed by atoms with Crippen molar-refractivity contribution in [2.45, 2.75) is 33.3 Å². The molecule has 0 saturated carbocycles. The van der Waals surface area contributed by atoms with Gasteiger partial charge in [0.25, 0.3) is 0 Å². The van der Waals surface area contributed by atoms with Crippen LogP contribution in [-0.2, 0) is 17.8 Å². The number of aromatic hydroxyl groups is 1. The average molecular weight is 298 g/mol. The molecule has 2 aromatic carbocycles. The molecular weight excluding hydrogens is 276 g/mol. The van der Waals surface area contributed by atoms with E-state index in [-0.39, 0.29) is 17.5 Å². The van der Waals surface area contributed by atoms with Gasteiger partial charge in [-0.25, -0.2) is 0 Å². The van der Waals surface area contributed by atoms with Gasteiger partial charge in [0.05, 0.1) is 0 Å². The Bertz CT molecular complexity index is 620. The third-order valence-electron chi connectivity index (χ3n) is 3.82. The van der Waals surface area contributed by atoms with Crippen molar-refractivity contribution in [1.29, 1.82) is 0 Å². The van der Waals surface area contributed by atoms with Gasteiger partial charge < -0.3 is 9.84 Å². The number of carbonyl (C=O) groups is 1. The van der Waals surface area contributed by atoms with Crippen LogP contribution in [0, 0.1) is 5.92 Å². The molecule has 1 unspecified atom stereocenters. The van der Waals surface area contributed by atoms with Crippen molar-refractivity contribution in [1.82, 2.24) is 0 Å². The van der Waals surface area contributed by atoms with Crippen LogP contribution >= 0.6 is 0 Å². The number of ketones is 1. The van der Waals surface area contributed by atoms with Gasteiger partial charge in [0.2, 0.25) is 0 Å². The van der Waals surface area contributed by atoms with E-state index < -0.39 is 0 Å². The third kappa shape index (κ3) is 4.62. The first-order valence-corrected chi connectivity index (χ1v) is 7.55. The lowest BCUT2D eigenvalue weighted by molar-refractivity contribution is -0.120. The molecule has 0 aliphatic carbocycles. The van der Waals surface area contributed by atoms with Gasteiger partial charge in [-0.05, 0) is 43.0 Å². The number of hydrogen-bond donors (Lipinski definition) is 1. The molecule has 2 rings (SSSR count). The first kappa shape index (κ1) is 16.1. The Morgan fingerprint density at radius 1 is 1.14 bits per heavy atom. The predicted octanol–water partition coefficient (Wildman–Crippen LogP) is 4.13. The van der Waals surface area contributed by atoms with Crippen molar-refractivity contribution >= 4 is 5.78 Å². The van der Waals surface area contributed by atoms with E-state index >= 15 is 0 Å². The van der Waals surface area contributed by atoms with Crippen LogP contribution in [0.3, 0.4) is 0 Å². The topological polar surface area (TPSA) is 46.5 Å². The van der Waals surface area contributed by atoms with Gasteiger partial charge in [-0.2, -0.15) is 0 Å². The summed E-state index contributed by atoms with van der Waals surface area (Å²) in [6.45, 7) is 3.97. The monoisotopic (exact) mass is 298 g/mol. The van der Waals surface area contributed by atoms with Gasteiger partial charge in [-0.1, -0.05) is 43.3 Å². The Hall–Kier alpha value is -2.29. The van der Waals surface area contributed by atoms with Crippen molar-refractivity contribution < 1.29 is 14.6 Å². The molecule has 116 valence electrons. The molecule has 0 fully saturated rings. The minimum absolute atomic E-state index is 0.0520. The second-order valence-corrected chi connectivity index (χ2v) is 5.63. The van der Waals surface area contributed by atoms with Gasteiger partial charge in [0.15, 0.2) is 11.5 Å². The van der Waals surface area contributed by atoms with Crippen molar-refractivity contribution in [3.8, 4) is 11.5 Å². The normalized spacial score (nSPS) is 11.9. The quantitative estimate of drug-likeness (QED) is 0.836. The number of benzene rings is 2. The van der Waals surface area contributed by atoms with Crippen molar-refractivity contribution in [3.05, 3.63) is 59.7 Å². The molecule has 0 aromatic heterocycles. The zero-order chi connectivity index (χ0) is 15.9. The Labute approximate surface area is 131 Å². The maximum Gasteiger partial charge on any atom is 0.161 e. The van der Waals surface area contributed by atoms with Crippen LogP contribution in [-0.4, -0.2) is 10.9 Å². The molecule has 3 heteroatoms. The second kappa shape index (κ2) is 7.64. The van der Waals surface area contributed by atoms with E-state index in [4.69, 9.17) is 4.74 Å². The van der Waals surface area contributed by atoms with Crippen LogP contribution in [0.5, 0.6) is 11.5 Å². The first-order chi connectivity index (χ1) is 10.6. The highest BCUT2D eigenvalue weighted by molar-refractivity contribution is 5.77. The Balaban J connectivity index is 1.93. The molecule has 0 aliphatic rings. The smallest absolute Gasteiger partial charge is 0.161 e. The zero-order valence-electron chi connectivity index (χ0n) is 13.1. The van der Waals surface area contributed by atoms with Crippen LogP contribution in [0.25, 0.3) is 0 Å². The van der Waals surface area contributed by atoms with Gasteiger partial charge in [-0.15, -0.1) is 0 Å². The number of rotatable bonds is 7. The number of aryl methyl sites for hydroxylation is 1. The summed E-state index contributed by atoms with van der Waals surface area (Å²) < 4.78 is 5.64. The van der Waals surface area contributed by atoms with Crippen LogP contribution in [0.4, 0.5) is 0 Å². The number of carbonyl (C=O) groups excluding carboxylic acids is 1. The SMILES string of the molecule is CC(=O)C(C)CCc1ccc(OCc2ccccc2)c(O)c1. The van der Waals surface area contributed by atoms with Crippen LogP contribution < -0.4 is 4.74 Å². The highest BCUT2D eigenvalue weighted by Crippen LogP contribution is 2.28. The number of hydrogen-bond acceptors (Lipinski definition) is 3. The summed E-state index contributed by atoms with van der Waals surface area (Å²) in [5.41, 5.74) is 2.07. The molecule has 1 atom stereocenters. The number of Topliss-reactive ketones (excluding diaryl/α,β-unsaturated/α-hetero) is 1. The molecule has 0 spiro atoms. The Kier molecular flexibility index (Phi) is 5.59. The van der Waals surface area contributed by atoms with E-state index in [1.165, 1.54) is 0 Å². The first-order valence-electron chi connectivity index (χ1n) is 7.55. The molecule has 22 heavy (non-hydrogen) atoms. The van der Waals surface area contributed by atoms with Gasteiger partial charge >= 0.3 is 0 Å². The summed E-state index contributed by atoms with van der Waals surface area (Å²) in [5, 5.41) is 10.1. The van der Waals surface area contributed by atoms with E-state index in [0.717, 1.165) is 24.0 Å². The number of ether oxygens (including phenoxy) is 1. The van der Waals surface area contributed by atoms with Gasteiger partial charge in [0, 0.05) is 5.92 Å². The van der Waals surface area contributed by atoms with Gasteiger partial charge in [-0.3, -0.25) is 4.79 Å². The van der Waals surface area contributed by atoms with Crippen LogP contribution in [0.15, 0.2) is 48.5 Å². The van der Waals surface area contributed by atoms with Crippen molar-refractivity contribution in [2.75, 3.05) is 0 Å². The molecule has 2 aromatic rings. The molecule has 0 heterocycles. The largest absolute Gasteiger partial charge is 0.504 e. The summed E-state index contributed by atoms with van der Waals surface area (Å²) in [5.74, 6) is 0.874. The van der Waals surface area contributed by atoms with Crippen LogP contribution in [0.1, 0.15) is 31.4 Å². The Morgan fingerprint density at radius 2 is 1.86 bits per heavy atom. The van der Waals surface area contributed by atoms with Crippen LogP contribution in [0.2, 0.25) is 0 Å². The fraction of sp³-hybridized carbons (Fsp3) is 0.316. The minimum atomic E-state index is 0.0520. The van der Waals surface area contributed by atoms with E-state index in [1.54, 1.807) is 19.1 Å². The van der Waals surface area contributed by atoms with E-state index in [2.05, 4.69) is 0 Å². The fourth-order valence-corrected chi connectivity index (χ4v) is 2.16. The number of phenolic OH excluding ortho intramolecular Hbond substituents is 1. The molecule has 0 amide bonds. The zero-order valence-corrected chi connectivity index (χ0v) is 13.1. The van der Waals surface area contributed by atoms with Crippen molar-refractivity contribution in [2.24, 2.45) is 5.92 Å². The lowest BCUT2D eigenvalue weighted by Crippen LogP contribution is -2.07. The molecular formula is C19H22O3. The summed E-state index contributed by atoms with van der Waals surface area (Å²) >= 11 is 0. The maximum atomic E-state index is 11.2. The lowest BCUT2D eigenvalue weighted by Gasteiger charge is -2.11. The fourth-order valence-electron chi connectivity index (χ4n) is 2.16. The summed E-state index contributed by atoms with van der Waals surface area (Å²) in [7, 11) is 0. The van der Waals surface area contributed by atoms with E-state index in [0.29, 0.717) is 12.4 Å². The summed E-state index contributed by atoms with van der Waals surface area (Å²) in [4.78, 5) is 11.2. The minimum Gasteiger partial charge on any atom is -0.504 e. The molecule has 0 aliphatic heterocycles. The molecule has 0 saturated heterocycles. The summed E-state index contributed by atoms with van der Waals surface area (Å²) in [6, 6.07) is 15.3. The van der Waals surface area contributed by atoms with E-state index in [9.17, 15) is 9.90 Å². The second-order valence-electron chi connectivity index (χ2n) is 5.63.